The lowest BCUT2D eigenvalue weighted by molar-refractivity contribution is 0.288. The van der Waals surface area contributed by atoms with Gasteiger partial charge in [0.05, 0.1) is 34.3 Å². The quantitative estimate of drug-likeness (QED) is 0.192. The molecule has 42 heavy (non-hydrogen) atoms. The van der Waals surface area contributed by atoms with Crippen molar-refractivity contribution in [1.82, 2.24) is 14.5 Å². The Labute approximate surface area is 242 Å². The Balaban J connectivity index is 1.23. The van der Waals surface area contributed by atoms with Gasteiger partial charge < -0.3 is 9.30 Å². The van der Waals surface area contributed by atoms with E-state index in [0.29, 0.717) is 41.2 Å². The molecular weight excluding hydrogens is 558 g/mol. The van der Waals surface area contributed by atoms with Crippen LogP contribution in [0.1, 0.15) is 28.9 Å². The van der Waals surface area contributed by atoms with E-state index >= 15 is 4.39 Å². The molecule has 1 atom stereocenters. The first-order chi connectivity index (χ1) is 20.2. The van der Waals surface area contributed by atoms with Gasteiger partial charge >= 0.3 is 0 Å². The van der Waals surface area contributed by atoms with Crippen LogP contribution in [0.3, 0.4) is 0 Å². The van der Waals surface area contributed by atoms with Crippen molar-refractivity contribution in [3.05, 3.63) is 118 Å². The number of hydrogen-bond acceptors (Lipinski definition) is 5. The summed E-state index contributed by atoms with van der Waals surface area (Å²) < 4.78 is 61.8. The number of benzene rings is 3. The monoisotopic (exact) mass is 584 g/mol. The van der Waals surface area contributed by atoms with Crippen molar-refractivity contribution in [3.63, 3.8) is 0 Å². The number of sulfone groups is 1. The van der Waals surface area contributed by atoms with E-state index in [9.17, 15) is 12.8 Å². The molecule has 7 nitrogen and oxygen atoms in total. The molecule has 2 aromatic heterocycles. The van der Waals surface area contributed by atoms with Crippen molar-refractivity contribution in [1.29, 1.82) is 0 Å². The molecule has 0 aliphatic carbocycles. The first-order valence-corrected chi connectivity index (χ1v) is 15.1. The standard InChI is InChI=1S/C32H26F2N4O3S/c1-20-6-11-29-30(14-20)38(18-25-12-13-42(25,39)40)31(36-29)16-21-7-8-22(15-26(21)33)28-4-3-5-32(37-28)41-19-23-9-10-24(35-2)17-27(23)34/h3-11,14-15,17,25H,12-13,16,18-19H2,1H3. The van der Waals surface area contributed by atoms with E-state index in [1.54, 1.807) is 30.3 Å². The highest BCUT2D eigenvalue weighted by Crippen LogP contribution is 2.29. The average molecular weight is 585 g/mol. The third-order valence-electron chi connectivity index (χ3n) is 7.56. The molecule has 6 rings (SSSR count). The fourth-order valence-electron chi connectivity index (χ4n) is 5.06. The molecule has 0 amide bonds. The van der Waals surface area contributed by atoms with Crippen molar-refractivity contribution in [2.75, 3.05) is 5.75 Å². The van der Waals surface area contributed by atoms with Crippen molar-refractivity contribution in [3.8, 4) is 17.1 Å². The van der Waals surface area contributed by atoms with Gasteiger partial charge in [0.2, 0.25) is 5.88 Å². The lowest BCUT2D eigenvalue weighted by Crippen LogP contribution is -2.40. The summed E-state index contributed by atoms with van der Waals surface area (Å²) in [6, 6.07) is 19.9. The first kappa shape index (κ1) is 27.5. The highest BCUT2D eigenvalue weighted by Gasteiger charge is 2.36. The van der Waals surface area contributed by atoms with E-state index in [4.69, 9.17) is 16.3 Å². The molecule has 0 N–H and O–H groups in total. The zero-order valence-corrected chi connectivity index (χ0v) is 23.5. The Bertz CT molecular complexity index is 1980. The van der Waals surface area contributed by atoms with Gasteiger partial charge in [-0.3, -0.25) is 0 Å². The fourth-order valence-corrected chi connectivity index (χ4v) is 6.39. The zero-order chi connectivity index (χ0) is 29.4. The first-order valence-electron chi connectivity index (χ1n) is 13.4. The minimum Gasteiger partial charge on any atom is -0.473 e. The van der Waals surface area contributed by atoms with Crippen LogP contribution in [0.4, 0.5) is 14.5 Å². The van der Waals surface area contributed by atoms with Crippen LogP contribution in [0.5, 0.6) is 5.88 Å². The number of rotatable bonds is 8. The number of pyridine rings is 1. The Morgan fingerprint density at radius 1 is 1.00 bits per heavy atom. The third kappa shape index (κ3) is 5.48. The van der Waals surface area contributed by atoms with Crippen LogP contribution < -0.4 is 4.74 Å². The second-order valence-corrected chi connectivity index (χ2v) is 12.8. The summed E-state index contributed by atoms with van der Waals surface area (Å²) in [7, 11) is -3.11. The van der Waals surface area contributed by atoms with Crippen LogP contribution in [-0.2, 0) is 29.4 Å². The molecule has 1 aliphatic heterocycles. The number of aryl methyl sites for hydroxylation is 1. The van der Waals surface area contributed by atoms with Crippen LogP contribution in [0.25, 0.3) is 27.1 Å². The SMILES string of the molecule is [C-]#[N+]c1ccc(COc2cccc(-c3ccc(Cc4nc5ccc(C)cc5n4CC4CCS4(=O)=O)c(F)c3)n2)c(F)c1. The molecule has 1 aliphatic rings. The van der Waals surface area contributed by atoms with Gasteiger partial charge in [-0.2, -0.15) is 0 Å². The van der Waals surface area contributed by atoms with E-state index in [-0.39, 0.29) is 30.3 Å². The minimum atomic E-state index is -3.11. The second-order valence-electron chi connectivity index (χ2n) is 10.4. The predicted octanol–water partition coefficient (Wildman–Crippen LogP) is 6.59. The van der Waals surface area contributed by atoms with Gasteiger partial charge in [-0.1, -0.05) is 36.4 Å². The highest BCUT2D eigenvalue weighted by atomic mass is 32.2. The fraction of sp³-hybridized carbons (Fsp3) is 0.219. The van der Waals surface area contributed by atoms with Crippen LogP contribution in [-0.4, -0.2) is 34.0 Å². The number of aromatic nitrogens is 3. The van der Waals surface area contributed by atoms with Gasteiger partial charge in [0.15, 0.2) is 15.5 Å². The lowest BCUT2D eigenvalue weighted by Gasteiger charge is -2.27. The summed E-state index contributed by atoms with van der Waals surface area (Å²) in [4.78, 5) is 12.4. The molecule has 0 spiro atoms. The molecule has 0 saturated carbocycles. The molecule has 1 unspecified atom stereocenters. The number of hydrogen-bond donors (Lipinski definition) is 0. The van der Waals surface area contributed by atoms with E-state index in [2.05, 4.69) is 9.83 Å². The molecule has 1 saturated heterocycles. The molecule has 1 fully saturated rings. The predicted molar refractivity (Wildman–Crippen MR) is 156 cm³/mol. The molecule has 0 radical (unpaired) electrons. The number of halogens is 2. The van der Waals surface area contributed by atoms with E-state index < -0.39 is 26.7 Å². The summed E-state index contributed by atoms with van der Waals surface area (Å²) in [5, 5.41) is -0.462. The van der Waals surface area contributed by atoms with Gasteiger partial charge in [-0.15, -0.1) is 0 Å². The molecule has 10 heteroatoms. The van der Waals surface area contributed by atoms with Gasteiger partial charge in [-0.05, 0) is 54.8 Å². The Kier molecular flexibility index (Phi) is 7.21. The Hall–Kier alpha value is -4.62. The van der Waals surface area contributed by atoms with E-state index in [1.165, 1.54) is 18.2 Å². The van der Waals surface area contributed by atoms with Gasteiger partial charge in [0.1, 0.15) is 24.1 Å². The number of ether oxygens (including phenoxy) is 1. The molecule has 3 heterocycles. The lowest BCUT2D eigenvalue weighted by atomic mass is 10.1. The topological polar surface area (TPSA) is 78.4 Å². The number of imidazole rings is 1. The normalized spacial score (nSPS) is 15.7. The summed E-state index contributed by atoms with van der Waals surface area (Å²) in [6.07, 6.45) is 0.802. The summed E-state index contributed by atoms with van der Waals surface area (Å²) >= 11 is 0. The summed E-state index contributed by atoms with van der Waals surface area (Å²) in [5.41, 5.74) is 4.57. The second kappa shape index (κ2) is 11.0. The number of fused-ring (bicyclic) bond motifs is 1. The highest BCUT2D eigenvalue weighted by molar-refractivity contribution is 7.93. The van der Waals surface area contributed by atoms with Crippen LogP contribution in [0.15, 0.2) is 72.8 Å². The maximum atomic E-state index is 15.5. The maximum absolute atomic E-state index is 15.5. The Morgan fingerprint density at radius 2 is 1.81 bits per heavy atom. The van der Waals surface area contributed by atoms with Crippen molar-refractivity contribution in [2.45, 2.75) is 38.2 Å². The molecule has 3 aromatic carbocycles. The minimum absolute atomic E-state index is 0.0729. The van der Waals surface area contributed by atoms with Crippen LogP contribution in [0.2, 0.25) is 0 Å². The van der Waals surface area contributed by atoms with Gasteiger partial charge in [-0.25, -0.2) is 32.0 Å². The van der Waals surface area contributed by atoms with Crippen molar-refractivity contribution >= 4 is 26.6 Å². The van der Waals surface area contributed by atoms with E-state index in [0.717, 1.165) is 22.7 Å². The van der Waals surface area contributed by atoms with Crippen molar-refractivity contribution < 1.29 is 21.9 Å². The van der Waals surface area contributed by atoms with Crippen molar-refractivity contribution in [2.24, 2.45) is 0 Å². The molecular formula is C32H26F2N4O3S. The largest absolute Gasteiger partial charge is 0.473 e. The number of nitrogens with zero attached hydrogens (tertiary/aromatic N) is 4. The maximum Gasteiger partial charge on any atom is 0.214 e. The zero-order valence-electron chi connectivity index (χ0n) is 22.7. The van der Waals surface area contributed by atoms with Gasteiger partial charge in [0.25, 0.3) is 0 Å². The average Bonchev–Trinajstić information content (AvgIpc) is 3.31. The molecule has 212 valence electrons. The van der Waals surface area contributed by atoms with Crippen LogP contribution >= 0.6 is 0 Å². The molecule has 0 bridgehead atoms. The summed E-state index contributed by atoms with van der Waals surface area (Å²) in [5.74, 6) is 0.0847. The van der Waals surface area contributed by atoms with Gasteiger partial charge in [0, 0.05) is 30.2 Å². The van der Waals surface area contributed by atoms with E-state index in [1.807, 2.05) is 29.7 Å². The molecule has 5 aromatic rings. The smallest absolute Gasteiger partial charge is 0.214 e. The summed E-state index contributed by atoms with van der Waals surface area (Å²) in [6.45, 7) is 9.18. The third-order valence-corrected chi connectivity index (χ3v) is 9.77. The van der Waals surface area contributed by atoms with Crippen LogP contribution in [0, 0.1) is 25.1 Å². The Morgan fingerprint density at radius 3 is 2.52 bits per heavy atom.